The number of carbonyl (C=O) groups excluding carboxylic acids is 4. The molecule has 1 aliphatic carbocycles. The van der Waals surface area contributed by atoms with E-state index in [-0.39, 0.29) is 30.7 Å². The van der Waals surface area contributed by atoms with Crippen LogP contribution in [-0.2, 0) is 33.3 Å². The summed E-state index contributed by atoms with van der Waals surface area (Å²) >= 11 is 0.946. The molecule has 16 heteroatoms. The molecule has 2 aromatic heterocycles. The molecular weight excluding hydrogens is 670 g/mol. The standard InChI is InChI=1S/C34H42F2N8O5S/c1-43-14-16-44(17-15-43)32(47)26(40-30(45)27-21-39-42-50-27)18-22-8-10-23(11-9-22)19-38-31(46)29(24-6-4-3-5-7-24)41-33(48)34(35,36)25-12-13-28(49-2)37-20-25/h8-13,20-21,24,26,29H,3-7,14-19H2,1-2H3,(H,38,46)(H,40,45)(H,41,48)/t26-,29+/m1/s1. The summed E-state index contributed by atoms with van der Waals surface area (Å²) in [5.41, 5.74) is 0.913. The minimum absolute atomic E-state index is 0.0930. The van der Waals surface area contributed by atoms with Gasteiger partial charge in [-0.15, -0.1) is 5.10 Å². The van der Waals surface area contributed by atoms with Crippen molar-refractivity contribution in [3.05, 3.63) is 70.4 Å². The predicted octanol–water partition coefficient (Wildman–Crippen LogP) is 2.53. The third-order valence-electron chi connectivity index (χ3n) is 9.22. The fourth-order valence-electron chi connectivity index (χ4n) is 6.19. The maximum Gasteiger partial charge on any atom is 0.351 e. The van der Waals surface area contributed by atoms with Crippen LogP contribution in [0, 0.1) is 5.92 Å². The first-order valence-corrected chi connectivity index (χ1v) is 17.4. The Kier molecular flexibility index (Phi) is 12.4. The zero-order chi connectivity index (χ0) is 35.7. The SMILES string of the molecule is COc1ccc(C(F)(F)C(=O)N[C@H](C(=O)NCc2ccc(C[C@@H](NC(=O)c3cnns3)C(=O)N3CCN(C)CC3)cc2)C2CCCCC2)cn1. The van der Waals surface area contributed by atoms with E-state index in [0.717, 1.165) is 67.3 Å². The quantitative estimate of drug-likeness (QED) is 0.242. The highest BCUT2D eigenvalue weighted by Crippen LogP contribution is 2.31. The number of ether oxygens (including phenoxy) is 1. The summed E-state index contributed by atoms with van der Waals surface area (Å²) < 4.78 is 39.0. The van der Waals surface area contributed by atoms with E-state index in [4.69, 9.17) is 4.74 Å². The van der Waals surface area contributed by atoms with Gasteiger partial charge in [0.2, 0.25) is 17.7 Å². The summed E-state index contributed by atoms with van der Waals surface area (Å²) in [7, 11) is 3.35. The number of nitrogens with zero attached hydrogens (tertiary/aromatic N) is 5. The Labute approximate surface area is 293 Å². The van der Waals surface area contributed by atoms with E-state index in [2.05, 4.69) is 35.4 Å². The number of hydrogen-bond donors (Lipinski definition) is 3. The lowest BCUT2D eigenvalue weighted by atomic mass is 9.83. The Morgan fingerprint density at radius 2 is 1.66 bits per heavy atom. The van der Waals surface area contributed by atoms with E-state index in [1.54, 1.807) is 17.0 Å². The van der Waals surface area contributed by atoms with Crippen molar-refractivity contribution in [2.24, 2.45) is 5.92 Å². The number of carbonyl (C=O) groups is 4. The first-order valence-electron chi connectivity index (χ1n) is 16.7. The fourth-order valence-corrected chi connectivity index (χ4v) is 6.61. The van der Waals surface area contributed by atoms with Gasteiger partial charge in [-0.25, -0.2) is 4.98 Å². The molecule has 0 unspecified atom stereocenters. The van der Waals surface area contributed by atoms with Crippen LogP contribution in [0.1, 0.15) is 58.5 Å². The first kappa shape index (κ1) is 36.7. The number of amides is 4. The minimum Gasteiger partial charge on any atom is -0.481 e. The van der Waals surface area contributed by atoms with Gasteiger partial charge < -0.3 is 30.5 Å². The first-order chi connectivity index (χ1) is 24.0. The molecule has 1 aromatic carbocycles. The van der Waals surface area contributed by atoms with E-state index >= 15 is 8.78 Å². The number of alkyl halides is 2. The number of likely N-dealkylation sites (N-methyl/N-ethyl adjacent to an activating group) is 1. The lowest BCUT2D eigenvalue weighted by molar-refractivity contribution is -0.150. The van der Waals surface area contributed by atoms with Crippen LogP contribution >= 0.6 is 11.5 Å². The normalized spacial score (nSPS) is 17.0. The summed E-state index contributed by atoms with van der Waals surface area (Å²) in [6, 6.07) is 7.58. The zero-order valence-electron chi connectivity index (χ0n) is 28.1. The predicted molar refractivity (Wildman–Crippen MR) is 180 cm³/mol. The highest BCUT2D eigenvalue weighted by atomic mass is 32.1. The molecule has 2 aliphatic rings. The van der Waals surface area contributed by atoms with Crippen molar-refractivity contribution in [1.29, 1.82) is 0 Å². The number of aromatic nitrogens is 3. The van der Waals surface area contributed by atoms with Gasteiger partial charge in [-0.3, -0.25) is 19.2 Å². The van der Waals surface area contributed by atoms with E-state index in [0.29, 0.717) is 30.8 Å². The third kappa shape index (κ3) is 9.35. The summed E-state index contributed by atoms with van der Waals surface area (Å²) in [6.07, 6.45) is 6.40. The maximum absolute atomic E-state index is 15.2. The molecule has 1 saturated carbocycles. The number of hydrogen-bond acceptors (Lipinski definition) is 10. The van der Waals surface area contributed by atoms with E-state index < -0.39 is 41.3 Å². The van der Waals surface area contributed by atoms with Crippen LogP contribution < -0.4 is 20.7 Å². The minimum atomic E-state index is -3.91. The summed E-state index contributed by atoms with van der Waals surface area (Å²) in [4.78, 5) is 60.7. The van der Waals surface area contributed by atoms with Crippen molar-refractivity contribution in [3.8, 4) is 5.88 Å². The summed E-state index contributed by atoms with van der Waals surface area (Å²) in [6.45, 7) is 2.68. The molecule has 2 fully saturated rings. The third-order valence-corrected chi connectivity index (χ3v) is 9.88. The fraction of sp³-hybridized carbons (Fsp3) is 0.500. The van der Waals surface area contributed by atoms with Crippen LogP contribution in [-0.4, -0.2) is 100 Å². The molecule has 3 N–H and O–H groups in total. The van der Waals surface area contributed by atoms with Crippen molar-refractivity contribution in [1.82, 2.24) is 40.3 Å². The molecule has 1 aliphatic heterocycles. The molecule has 268 valence electrons. The van der Waals surface area contributed by atoms with Gasteiger partial charge in [0.1, 0.15) is 17.0 Å². The van der Waals surface area contributed by atoms with Gasteiger partial charge in [-0.1, -0.05) is 48.0 Å². The Balaban J connectivity index is 1.23. The molecule has 13 nitrogen and oxygen atoms in total. The van der Waals surface area contributed by atoms with Gasteiger partial charge in [0.15, 0.2) is 0 Å². The lowest BCUT2D eigenvalue weighted by Gasteiger charge is -2.34. The number of benzene rings is 1. The molecule has 0 bridgehead atoms. The average Bonchev–Trinajstić information content (AvgIpc) is 3.69. The number of piperazine rings is 1. The highest BCUT2D eigenvalue weighted by molar-refractivity contribution is 7.07. The maximum atomic E-state index is 15.2. The number of rotatable bonds is 13. The molecule has 2 atom stereocenters. The molecule has 50 heavy (non-hydrogen) atoms. The molecular formula is C34H42F2N8O5S. The Bertz CT molecular complexity index is 1600. The summed E-state index contributed by atoms with van der Waals surface area (Å²) in [5, 5.41) is 11.7. The smallest absolute Gasteiger partial charge is 0.351 e. The molecule has 4 amide bonds. The number of methoxy groups -OCH3 is 1. The summed E-state index contributed by atoms with van der Waals surface area (Å²) in [5.74, 6) is -6.79. The molecule has 5 rings (SSSR count). The lowest BCUT2D eigenvalue weighted by Crippen LogP contribution is -2.55. The van der Waals surface area contributed by atoms with Crippen molar-refractivity contribution in [3.63, 3.8) is 0 Å². The van der Waals surface area contributed by atoms with Crippen molar-refractivity contribution < 1.29 is 32.7 Å². The number of halogens is 2. The Morgan fingerprint density at radius 1 is 0.960 bits per heavy atom. The Hall–Kier alpha value is -4.57. The van der Waals surface area contributed by atoms with E-state index in [1.807, 2.05) is 19.2 Å². The van der Waals surface area contributed by atoms with E-state index in [1.165, 1.54) is 19.4 Å². The average molecular weight is 713 g/mol. The molecule has 3 heterocycles. The molecule has 1 saturated heterocycles. The van der Waals surface area contributed by atoms with Crippen LogP contribution in [0.15, 0.2) is 48.8 Å². The van der Waals surface area contributed by atoms with Crippen LogP contribution in [0.2, 0.25) is 0 Å². The topological polar surface area (TPSA) is 159 Å². The van der Waals surface area contributed by atoms with Crippen LogP contribution in [0.4, 0.5) is 8.78 Å². The number of pyridine rings is 1. The second-order valence-corrected chi connectivity index (χ2v) is 13.5. The zero-order valence-corrected chi connectivity index (χ0v) is 28.9. The number of nitrogens with one attached hydrogen (secondary N) is 3. The van der Waals surface area contributed by atoms with Gasteiger partial charge in [0.05, 0.1) is 13.3 Å². The van der Waals surface area contributed by atoms with Crippen molar-refractivity contribution >= 4 is 35.2 Å². The van der Waals surface area contributed by atoms with Gasteiger partial charge in [0, 0.05) is 57.0 Å². The molecule has 0 spiro atoms. The largest absolute Gasteiger partial charge is 0.481 e. The van der Waals surface area contributed by atoms with Gasteiger partial charge in [-0.2, -0.15) is 8.78 Å². The van der Waals surface area contributed by atoms with Crippen molar-refractivity contribution in [2.75, 3.05) is 40.3 Å². The van der Waals surface area contributed by atoms with E-state index in [9.17, 15) is 19.2 Å². The molecule has 0 radical (unpaired) electrons. The van der Waals surface area contributed by atoms with Crippen LogP contribution in [0.5, 0.6) is 5.88 Å². The Morgan fingerprint density at radius 3 is 2.28 bits per heavy atom. The highest BCUT2D eigenvalue weighted by Gasteiger charge is 2.44. The van der Waals surface area contributed by atoms with Crippen molar-refractivity contribution in [2.45, 2.75) is 63.1 Å². The second kappa shape index (κ2) is 16.9. The van der Waals surface area contributed by atoms with Crippen LogP contribution in [0.25, 0.3) is 0 Å². The van der Waals surface area contributed by atoms with Gasteiger partial charge in [0.25, 0.3) is 11.8 Å². The van der Waals surface area contributed by atoms with Crippen LogP contribution in [0.3, 0.4) is 0 Å². The van der Waals surface area contributed by atoms with Gasteiger partial charge >= 0.3 is 5.92 Å². The second-order valence-electron chi connectivity index (χ2n) is 12.7. The molecule has 3 aromatic rings. The monoisotopic (exact) mass is 712 g/mol. The van der Waals surface area contributed by atoms with Gasteiger partial charge in [-0.05, 0) is 54.5 Å².